The van der Waals surface area contributed by atoms with Crippen LogP contribution >= 0.6 is 0 Å². The molecule has 28 heavy (non-hydrogen) atoms. The van der Waals surface area contributed by atoms with Crippen LogP contribution in [0.1, 0.15) is 39.2 Å². The van der Waals surface area contributed by atoms with Crippen LogP contribution in [0.4, 0.5) is 4.79 Å². The maximum atomic E-state index is 11.7. The highest BCUT2D eigenvalue weighted by molar-refractivity contribution is 5.78. The van der Waals surface area contributed by atoms with E-state index >= 15 is 0 Å². The van der Waals surface area contributed by atoms with Gasteiger partial charge in [0.1, 0.15) is 11.4 Å². The lowest BCUT2D eigenvalue weighted by Gasteiger charge is -2.19. The van der Waals surface area contributed by atoms with Gasteiger partial charge in [0.25, 0.3) is 5.91 Å². The zero-order valence-corrected chi connectivity index (χ0v) is 17.1. The van der Waals surface area contributed by atoms with Gasteiger partial charge < -0.3 is 25.4 Å². The van der Waals surface area contributed by atoms with Gasteiger partial charge in [-0.25, -0.2) is 4.79 Å². The van der Waals surface area contributed by atoms with Crippen LogP contribution in [-0.2, 0) is 14.3 Å². The number of carbonyl (C=O) groups excluding carboxylic acids is 3. The number of carbonyl (C=O) groups is 3. The van der Waals surface area contributed by atoms with E-state index in [-0.39, 0.29) is 31.4 Å². The summed E-state index contributed by atoms with van der Waals surface area (Å²) in [5.74, 6) is 0.256. The minimum Gasteiger partial charge on any atom is -0.484 e. The van der Waals surface area contributed by atoms with Gasteiger partial charge >= 0.3 is 6.09 Å². The van der Waals surface area contributed by atoms with E-state index in [4.69, 9.17) is 9.47 Å². The Labute approximate surface area is 166 Å². The number of amides is 3. The normalized spacial score (nSPS) is 10.7. The second-order valence-corrected chi connectivity index (χ2v) is 7.33. The number of aryl methyl sites for hydroxylation is 1. The second kappa shape index (κ2) is 11.8. The number of hydrogen-bond acceptors (Lipinski definition) is 5. The third-order valence-electron chi connectivity index (χ3n) is 3.41. The summed E-state index contributed by atoms with van der Waals surface area (Å²) in [6.07, 6.45) is 0.216. The van der Waals surface area contributed by atoms with Crippen molar-refractivity contribution in [3.05, 3.63) is 29.8 Å². The van der Waals surface area contributed by atoms with Gasteiger partial charge in [-0.05, 0) is 46.2 Å². The molecule has 3 amide bonds. The molecule has 8 heteroatoms. The number of rotatable bonds is 10. The summed E-state index contributed by atoms with van der Waals surface area (Å²) < 4.78 is 10.5. The van der Waals surface area contributed by atoms with Gasteiger partial charge in [-0.1, -0.05) is 17.7 Å². The standard InChI is InChI=1S/C20H31N3O5/c1-15-6-8-16(9-7-15)27-14-18(25)22-12-5-11-21-17(24)10-13-23-19(26)28-20(2,3)4/h6-9H,5,10-14H2,1-4H3,(H,21,24)(H,22,25)(H,23,26). The summed E-state index contributed by atoms with van der Waals surface area (Å²) in [6.45, 7) is 8.31. The van der Waals surface area contributed by atoms with Gasteiger partial charge in [-0.2, -0.15) is 0 Å². The average Bonchev–Trinajstić information content (AvgIpc) is 2.59. The first-order valence-corrected chi connectivity index (χ1v) is 9.35. The third kappa shape index (κ3) is 11.8. The third-order valence-corrected chi connectivity index (χ3v) is 3.41. The van der Waals surface area contributed by atoms with Crippen molar-refractivity contribution >= 4 is 17.9 Å². The minimum absolute atomic E-state index is 0.0498. The summed E-state index contributed by atoms with van der Waals surface area (Å²) in [5.41, 5.74) is 0.557. The maximum absolute atomic E-state index is 11.7. The molecule has 3 N–H and O–H groups in total. The first-order chi connectivity index (χ1) is 13.2. The molecule has 0 aliphatic heterocycles. The van der Waals surface area contributed by atoms with E-state index in [1.54, 1.807) is 20.8 Å². The molecule has 0 saturated carbocycles. The largest absolute Gasteiger partial charge is 0.484 e. The second-order valence-electron chi connectivity index (χ2n) is 7.33. The van der Waals surface area contributed by atoms with Gasteiger partial charge in [0.15, 0.2) is 6.61 Å². The lowest BCUT2D eigenvalue weighted by molar-refractivity contribution is -0.123. The number of benzene rings is 1. The zero-order valence-electron chi connectivity index (χ0n) is 17.1. The zero-order chi connectivity index (χ0) is 21.0. The van der Waals surface area contributed by atoms with Crippen molar-refractivity contribution in [1.29, 1.82) is 0 Å². The number of alkyl carbamates (subject to hydrolysis) is 1. The van der Waals surface area contributed by atoms with Crippen LogP contribution in [0.5, 0.6) is 5.75 Å². The highest BCUT2D eigenvalue weighted by Crippen LogP contribution is 2.10. The van der Waals surface area contributed by atoms with E-state index in [0.717, 1.165) is 5.56 Å². The van der Waals surface area contributed by atoms with Crippen LogP contribution in [0.3, 0.4) is 0 Å². The summed E-state index contributed by atoms with van der Waals surface area (Å²) >= 11 is 0. The predicted octanol–water partition coefficient (Wildman–Crippen LogP) is 1.91. The molecule has 0 radical (unpaired) electrons. The van der Waals surface area contributed by atoms with Crippen LogP contribution in [0.2, 0.25) is 0 Å². The molecular formula is C20H31N3O5. The smallest absolute Gasteiger partial charge is 0.407 e. The van der Waals surface area contributed by atoms with Crippen LogP contribution < -0.4 is 20.7 Å². The molecule has 0 aromatic heterocycles. The van der Waals surface area contributed by atoms with Crippen molar-refractivity contribution < 1.29 is 23.9 Å². The molecule has 0 heterocycles. The Hall–Kier alpha value is -2.77. The Bertz CT molecular complexity index is 638. The summed E-state index contributed by atoms with van der Waals surface area (Å²) in [6, 6.07) is 7.46. The Balaban J connectivity index is 2.02. The van der Waals surface area contributed by atoms with Crippen molar-refractivity contribution in [2.75, 3.05) is 26.2 Å². The number of ether oxygens (including phenoxy) is 2. The summed E-state index contributed by atoms with van der Waals surface area (Å²) in [7, 11) is 0. The molecule has 0 aliphatic carbocycles. The quantitative estimate of drug-likeness (QED) is 0.527. The molecule has 1 rings (SSSR count). The van der Waals surface area contributed by atoms with Crippen LogP contribution in [-0.4, -0.2) is 49.7 Å². The fourth-order valence-corrected chi connectivity index (χ4v) is 2.06. The monoisotopic (exact) mass is 393 g/mol. The molecular weight excluding hydrogens is 362 g/mol. The van der Waals surface area contributed by atoms with Gasteiger partial charge in [-0.15, -0.1) is 0 Å². The molecule has 0 aliphatic rings. The van der Waals surface area contributed by atoms with Gasteiger partial charge in [-0.3, -0.25) is 9.59 Å². The average molecular weight is 393 g/mol. The van der Waals surface area contributed by atoms with Crippen molar-refractivity contribution in [2.45, 2.75) is 46.1 Å². The van der Waals surface area contributed by atoms with E-state index in [1.807, 2.05) is 31.2 Å². The van der Waals surface area contributed by atoms with Gasteiger partial charge in [0, 0.05) is 26.1 Å². The van der Waals surface area contributed by atoms with E-state index in [9.17, 15) is 14.4 Å². The molecule has 0 bridgehead atoms. The van der Waals surface area contributed by atoms with Gasteiger partial charge in [0.05, 0.1) is 0 Å². The predicted molar refractivity (Wildman–Crippen MR) is 106 cm³/mol. The molecule has 156 valence electrons. The molecule has 0 fully saturated rings. The van der Waals surface area contributed by atoms with E-state index in [2.05, 4.69) is 16.0 Å². The van der Waals surface area contributed by atoms with Crippen molar-refractivity contribution in [1.82, 2.24) is 16.0 Å². The van der Waals surface area contributed by atoms with Crippen molar-refractivity contribution in [3.63, 3.8) is 0 Å². The lowest BCUT2D eigenvalue weighted by Crippen LogP contribution is -2.36. The highest BCUT2D eigenvalue weighted by Gasteiger charge is 2.15. The Morgan fingerprint density at radius 2 is 1.50 bits per heavy atom. The first kappa shape index (κ1) is 23.3. The van der Waals surface area contributed by atoms with E-state index in [1.165, 1.54) is 0 Å². The minimum atomic E-state index is -0.568. The van der Waals surface area contributed by atoms with Crippen LogP contribution in [0, 0.1) is 6.92 Å². The molecule has 1 aromatic carbocycles. The lowest BCUT2D eigenvalue weighted by atomic mass is 10.2. The summed E-state index contributed by atoms with van der Waals surface area (Å²) in [5, 5.41) is 7.98. The van der Waals surface area contributed by atoms with Crippen molar-refractivity contribution in [3.8, 4) is 5.75 Å². The van der Waals surface area contributed by atoms with Gasteiger partial charge in [0.2, 0.25) is 5.91 Å². The fourth-order valence-electron chi connectivity index (χ4n) is 2.06. The highest BCUT2D eigenvalue weighted by atomic mass is 16.6. The summed E-state index contributed by atoms with van der Waals surface area (Å²) in [4.78, 5) is 34.8. The number of hydrogen-bond donors (Lipinski definition) is 3. The van der Waals surface area contributed by atoms with Crippen LogP contribution in [0.25, 0.3) is 0 Å². The van der Waals surface area contributed by atoms with E-state index < -0.39 is 11.7 Å². The van der Waals surface area contributed by atoms with E-state index in [0.29, 0.717) is 25.3 Å². The fraction of sp³-hybridized carbons (Fsp3) is 0.550. The maximum Gasteiger partial charge on any atom is 0.407 e. The molecule has 0 unspecified atom stereocenters. The van der Waals surface area contributed by atoms with Crippen molar-refractivity contribution in [2.24, 2.45) is 0 Å². The molecule has 1 aromatic rings. The molecule has 0 spiro atoms. The topological polar surface area (TPSA) is 106 Å². The number of nitrogens with one attached hydrogen (secondary N) is 3. The SMILES string of the molecule is Cc1ccc(OCC(=O)NCCCNC(=O)CCNC(=O)OC(C)(C)C)cc1. The molecule has 0 saturated heterocycles. The van der Waals surface area contributed by atoms with Crippen LogP contribution in [0.15, 0.2) is 24.3 Å². The Morgan fingerprint density at radius 3 is 2.11 bits per heavy atom. The first-order valence-electron chi connectivity index (χ1n) is 9.35. The Morgan fingerprint density at radius 1 is 0.893 bits per heavy atom. The Kier molecular flexibility index (Phi) is 9.84. The molecule has 0 atom stereocenters. The molecule has 8 nitrogen and oxygen atoms in total.